The Hall–Kier alpha value is -1.22. The number of aromatic nitrogens is 1. The van der Waals surface area contributed by atoms with Crippen LogP contribution in [0.2, 0.25) is 0 Å². The molecule has 0 saturated carbocycles. The first-order valence-corrected chi connectivity index (χ1v) is 6.97. The maximum atomic E-state index is 5.94. The third kappa shape index (κ3) is 2.72. The normalized spacial score (nSPS) is 12.8. The van der Waals surface area contributed by atoms with Gasteiger partial charge in [0.25, 0.3) is 0 Å². The van der Waals surface area contributed by atoms with Crippen molar-refractivity contribution in [2.24, 2.45) is 5.92 Å². The zero-order valence-corrected chi connectivity index (χ0v) is 11.1. The standard InChI is InChI=1S/C14H18N2S/c1-3-10(2)9-17-13-7-6-12(15)14-11(13)5-4-8-16-14/h4-8,10H,3,9,15H2,1-2H3. The molecule has 0 bridgehead atoms. The summed E-state index contributed by atoms with van der Waals surface area (Å²) in [4.78, 5) is 5.63. The minimum atomic E-state index is 0.740. The van der Waals surface area contributed by atoms with Crippen LogP contribution in [-0.4, -0.2) is 10.7 Å². The topological polar surface area (TPSA) is 38.9 Å². The van der Waals surface area contributed by atoms with Gasteiger partial charge in [0.15, 0.2) is 0 Å². The molecule has 1 unspecified atom stereocenters. The average Bonchev–Trinajstić information content (AvgIpc) is 2.38. The number of anilines is 1. The maximum Gasteiger partial charge on any atom is 0.0942 e. The van der Waals surface area contributed by atoms with E-state index < -0.39 is 0 Å². The van der Waals surface area contributed by atoms with Gasteiger partial charge in [-0.2, -0.15) is 0 Å². The molecular weight excluding hydrogens is 228 g/mol. The molecule has 1 aromatic heterocycles. The summed E-state index contributed by atoms with van der Waals surface area (Å²) in [6.07, 6.45) is 3.01. The fraction of sp³-hybridized carbons (Fsp3) is 0.357. The van der Waals surface area contributed by atoms with E-state index in [-0.39, 0.29) is 0 Å². The summed E-state index contributed by atoms with van der Waals surface area (Å²) in [6.45, 7) is 4.51. The van der Waals surface area contributed by atoms with E-state index in [9.17, 15) is 0 Å². The van der Waals surface area contributed by atoms with E-state index in [1.807, 2.05) is 23.9 Å². The molecule has 0 fully saturated rings. The van der Waals surface area contributed by atoms with Crippen LogP contribution in [0.5, 0.6) is 0 Å². The van der Waals surface area contributed by atoms with E-state index in [1.54, 1.807) is 6.20 Å². The van der Waals surface area contributed by atoms with Gasteiger partial charge in [-0.1, -0.05) is 26.3 Å². The zero-order chi connectivity index (χ0) is 12.3. The summed E-state index contributed by atoms with van der Waals surface area (Å²) >= 11 is 1.90. The Bertz CT molecular complexity index is 511. The Morgan fingerprint density at radius 3 is 2.94 bits per heavy atom. The van der Waals surface area contributed by atoms with Gasteiger partial charge >= 0.3 is 0 Å². The number of hydrogen-bond acceptors (Lipinski definition) is 3. The van der Waals surface area contributed by atoms with E-state index >= 15 is 0 Å². The lowest BCUT2D eigenvalue weighted by Crippen LogP contribution is -1.96. The van der Waals surface area contributed by atoms with E-state index in [1.165, 1.54) is 16.7 Å². The molecule has 2 nitrogen and oxygen atoms in total. The lowest BCUT2D eigenvalue weighted by molar-refractivity contribution is 0.637. The maximum absolute atomic E-state index is 5.94. The molecule has 0 aliphatic rings. The number of nitrogens with zero attached hydrogens (tertiary/aromatic N) is 1. The molecule has 3 heteroatoms. The van der Waals surface area contributed by atoms with Gasteiger partial charge in [-0.3, -0.25) is 4.98 Å². The smallest absolute Gasteiger partial charge is 0.0942 e. The van der Waals surface area contributed by atoms with Gasteiger partial charge in [0.1, 0.15) is 0 Å². The SMILES string of the molecule is CCC(C)CSc1ccc(N)c2ncccc12. The molecule has 1 atom stereocenters. The van der Waals surface area contributed by atoms with Crippen molar-refractivity contribution in [3.8, 4) is 0 Å². The number of benzene rings is 1. The first-order valence-electron chi connectivity index (χ1n) is 5.98. The summed E-state index contributed by atoms with van der Waals surface area (Å²) in [5.74, 6) is 1.88. The predicted octanol–water partition coefficient (Wildman–Crippen LogP) is 3.96. The van der Waals surface area contributed by atoms with Crippen LogP contribution in [0, 0.1) is 5.92 Å². The van der Waals surface area contributed by atoms with Crippen molar-refractivity contribution in [1.29, 1.82) is 0 Å². The highest BCUT2D eigenvalue weighted by atomic mass is 32.2. The van der Waals surface area contributed by atoms with Crippen molar-refractivity contribution in [2.75, 3.05) is 11.5 Å². The molecule has 0 saturated heterocycles. The molecule has 0 spiro atoms. The number of fused-ring (bicyclic) bond motifs is 1. The Morgan fingerprint density at radius 2 is 2.18 bits per heavy atom. The van der Waals surface area contributed by atoms with Crippen LogP contribution in [-0.2, 0) is 0 Å². The highest BCUT2D eigenvalue weighted by Gasteiger charge is 2.06. The minimum absolute atomic E-state index is 0.740. The fourth-order valence-corrected chi connectivity index (χ4v) is 2.83. The van der Waals surface area contributed by atoms with Crippen molar-refractivity contribution in [1.82, 2.24) is 4.98 Å². The summed E-state index contributed by atoms with van der Waals surface area (Å²) in [6, 6.07) is 8.12. The second kappa shape index (κ2) is 5.41. The number of rotatable bonds is 4. The van der Waals surface area contributed by atoms with Gasteiger partial charge in [-0.25, -0.2) is 0 Å². The second-order valence-electron chi connectivity index (χ2n) is 4.38. The number of nitrogen functional groups attached to an aromatic ring is 1. The first kappa shape index (κ1) is 12.2. The molecule has 1 aromatic carbocycles. The van der Waals surface area contributed by atoms with Crippen LogP contribution < -0.4 is 5.73 Å². The molecule has 2 aromatic rings. The third-order valence-electron chi connectivity index (χ3n) is 2.98. The van der Waals surface area contributed by atoms with E-state index in [0.29, 0.717) is 0 Å². The van der Waals surface area contributed by atoms with Gasteiger partial charge in [0.05, 0.1) is 11.2 Å². The molecular formula is C14H18N2S. The van der Waals surface area contributed by atoms with Crippen LogP contribution in [0.25, 0.3) is 10.9 Å². The second-order valence-corrected chi connectivity index (χ2v) is 5.44. The van der Waals surface area contributed by atoms with Gasteiger partial charge < -0.3 is 5.73 Å². The van der Waals surface area contributed by atoms with Crippen molar-refractivity contribution in [3.05, 3.63) is 30.5 Å². The van der Waals surface area contributed by atoms with E-state index in [4.69, 9.17) is 5.73 Å². The lowest BCUT2D eigenvalue weighted by Gasteiger charge is -2.10. The molecule has 2 rings (SSSR count). The van der Waals surface area contributed by atoms with Crippen LogP contribution in [0.4, 0.5) is 5.69 Å². The summed E-state index contributed by atoms with van der Waals surface area (Å²) in [5.41, 5.74) is 7.61. The fourth-order valence-electron chi connectivity index (χ4n) is 1.64. The Labute approximate surface area is 107 Å². The number of nitrogens with two attached hydrogens (primary N) is 1. The molecule has 0 aliphatic carbocycles. The first-order chi connectivity index (χ1) is 8.22. The minimum Gasteiger partial charge on any atom is -0.397 e. The molecule has 1 heterocycles. The number of thioether (sulfide) groups is 1. The molecule has 0 amide bonds. The molecule has 90 valence electrons. The Morgan fingerprint density at radius 1 is 1.35 bits per heavy atom. The summed E-state index contributed by atoms with van der Waals surface area (Å²) < 4.78 is 0. The van der Waals surface area contributed by atoms with Crippen molar-refractivity contribution in [2.45, 2.75) is 25.2 Å². The van der Waals surface area contributed by atoms with Crippen molar-refractivity contribution < 1.29 is 0 Å². The van der Waals surface area contributed by atoms with Crippen LogP contribution in [0.1, 0.15) is 20.3 Å². The number of pyridine rings is 1. The summed E-state index contributed by atoms with van der Waals surface area (Å²) in [7, 11) is 0. The average molecular weight is 246 g/mol. The van der Waals surface area contributed by atoms with Crippen LogP contribution in [0.3, 0.4) is 0 Å². The predicted molar refractivity (Wildman–Crippen MR) is 76.3 cm³/mol. The van der Waals surface area contributed by atoms with Gasteiger partial charge in [0.2, 0.25) is 0 Å². The highest BCUT2D eigenvalue weighted by molar-refractivity contribution is 7.99. The lowest BCUT2D eigenvalue weighted by atomic mass is 10.2. The highest BCUT2D eigenvalue weighted by Crippen LogP contribution is 2.31. The third-order valence-corrected chi connectivity index (χ3v) is 4.38. The van der Waals surface area contributed by atoms with Crippen LogP contribution in [0.15, 0.2) is 35.4 Å². The largest absolute Gasteiger partial charge is 0.397 e. The monoisotopic (exact) mass is 246 g/mol. The van der Waals surface area contributed by atoms with Gasteiger partial charge in [-0.15, -0.1) is 11.8 Å². The van der Waals surface area contributed by atoms with Crippen LogP contribution >= 0.6 is 11.8 Å². The van der Waals surface area contributed by atoms with E-state index in [0.717, 1.165) is 22.9 Å². The Balaban J connectivity index is 2.32. The van der Waals surface area contributed by atoms with Crippen molar-refractivity contribution >= 4 is 28.4 Å². The van der Waals surface area contributed by atoms with Gasteiger partial charge in [0, 0.05) is 22.2 Å². The Kier molecular flexibility index (Phi) is 3.89. The number of hydrogen-bond donors (Lipinski definition) is 1. The molecule has 0 aliphatic heterocycles. The molecule has 2 N–H and O–H groups in total. The quantitative estimate of drug-likeness (QED) is 0.655. The summed E-state index contributed by atoms with van der Waals surface area (Å²) in [5, 5.41) is 1.17. The van der Waals surface area contributed by atoms with E-state index in [2.05, 4.69) is 31.0 Å². The van der Waals surface area contributed by atoms with Crippen molar-refractivity contribution in [3.63, 3.8) is 0 Å². The zero-order valence-electron chi connectivity index (χ0n) is 10.3. The molecule has 17 heavy (non-hydrogen) atoms. The van der Waals surface area contributed by atoms with Gasteiger partial charge in [-0.05, 0) is 24.1 Å². The molecule has 0 radical (unpaired) electrons.